The zero-order valence-electron chi connectivity index (χ0n) is 10.7. The zero-order chi connectivity index (χ0) is 14.4. The van der Waals surface area contributed by atoms with E-state index in [4.69, 9.17) is 21.1 Å². The van der Waals surface area contributed by atoms with Gasteiger partial charge in [-0.05, 0) is 36.4 Å². The van der Waals surface area contributed by atoms with E-state index in [9.17, 15) is 4.79 Å². The minimum Gasteiger partial charge on any atom is -0.488 e. The first kappa shape index (κ1) is 14.2. The van der Waals surface area contributed by atoms with Gasteiger partial charge in [-0.1, -0.05) is 24.3 Å². The molecule has 0 N–H and O–H groups in total. The maximum Gasteiger partial charge on any atom is 0.150 e. The Morgan fingerprint density at radius 3 is 2.45 bits per heavy atom. The monoisotopic (exact) mass is 288 g/mol. The average Bonchev–Trinajstić information content (AvgIpc) is 2.48. The fourth-order valence-corrected chi connectivity index (χ4v) is 1.73. The van der Waals surface area contributed by atoms with Crippen LogP contribution in [0.25, 0.3) is 0 Å². The Labute approximate surface area is 122 Å². The predicted octanol–water partition coefficient (Wildman–Crippen LogP) is 4.51. The number of aldehydes is 1. The first-order chi connectivity index (χ1) is 9.72. The van der Waals surface area contributed by atoms with Gasteiger partial charge in [0.15, 0.2) is 0 Å². The van der Waals surface area contributed by atoms with E-state index < -0.39 is 0 Å². The van der Waals surface area contributed by atoms with E-state index in [1.807, 2.05) is 0 Å². The average molecular weight is 289 g/mol. The highest BCUT2D eigenvalue weighted by atomic mass is 35.5. The predicted molar refractivity (Wildman–Crippen MR) is 79.0 cm³/mol. The number of ether oxygens (including phenoxy) is 2. The van der Waals surface area contributed by atoms with Gasteiger partial charge in [-0.15, -0.1) is 0 Å². The number of carbonyl (C=O) groups excluding carboxylic acids is 1. The van der Waals surface area contributed by atoms with E-state index in [0.29, 0.717) is 34.4 Å². The summed E-state index contributed by atoms with van der Waals surface area (Å²) in [5.41, 5.74) is 0.600. The molecular formula is C16H13ClO3. The fourth-order valence-electron chi connectivity index (χ4n) is 1.56. The highest BCUT2D eigenvalue weighted by molar-refractivity contribution is 6.32. The quantitative estimate of drug-likeness (QED) is 0.579. The molecule has 0 bridgehead atoms. The van der Waals surface area contributed by atoms with Crippen LogP contribution in [-0.4, -0.2) is 12.9 Å². The molecule has 2 rings (SSSR count). The molecule has 0 fully saturated rings. The van der Waals surface area contributed by atoms with E-state index in [1.165, 1.54) is 0 Å². The van der Waals surface area contributed by atoms with E-state index in [0.717, 1.165) is 6.29 Å². The van der Waals surface area contributed by atoms with Crippen molar-refractivity contribution >= 4 is 17.9 Å². The molecule has 2 aromatic carbocycles. The summed E-state index contributed by atoms with van der Waals surface area (Å²) in [6, 6.07) is 12.0. The second-order valence-electron chi connectivity index (χ2n) is 3.98. The maximum absolute atomic E-state index is 10.6. The maximum atomic E-state index is 10.6. The lowest BCUT2D eigenvalue weighted by molar-refractivity contribution is 0.112. The second kappa shape index (κ2) is 6.78. The molecule has 0 atom stereocenters. The van der Waals surface area contributed by atoms with Crippen molar-refractivity contribution in [2.45, 2.75) is 0 Å². The lowest BCUT2D eigenvalue weighted by Crippen LogP contribution is -1.94. The number of hydrogen-bond acceptors (Lipinski definition) is 3. The number of benzene rings is 2. The van der Waals surface area contributed by atoms with Crippen molar-refractivity contribution in [3.63, 3.8) is 0 Å². The van der Waals surface area contributed by atoms with Crippen LogP contribution >= 0.6 is 11.6 Å². The molecule has 3 nitrogen and oxygen atoms in total. The topological polar surface area (TPSA) is 35.5 Å². The van der Waals surface area contributed by atoms with Crippen LogP contribution in [-0.2, 0) is 0 Å². The lowest BCUT2D eigenvalue weighted by atomic mass is 10.2. The van der Waals surface area contributed by atoms with Crippen LogP contribution < -0.4 is 9.47 Å². The minimum atomic E-state index is 0.372. The van der Waals surface area contributed by atoms with Gasteiger partial charge in [0.1, 0.15) is 30.1 Å². The summed E-state index contributed by atoms with van der Waals surface area (Å²) in [6.07, 6.45) is 2.43. The van der Waals surface area contributed by atoms with Crippen LogP contribution in [0.3, 0.4) is 0 Å². The van der Waals surface area contributed by atoms with Crippen molar-refractivity contribution in [1.29, 1.82) is 0 Å². The summed E-state index contributed by atoms with van der Waals surface area (Å²) in [5, 5.41) is 0.510. The van der Waals surface area contributed by atoms with Crippen LogP contribution in [0.2, 0.25) is 5.02 Å². The van der Waals surface area contributed by atoms with Gasteiger partial charge in [0.05, 0.1) is 5.02 Å². The SMILES string of the molecule is C=CCOc1cc(Oc2ccc(C=O)cc2)ccc1Cl. The van der Waals surface area contributed by atoms with Crippen molar-refractivity contribution in [3.8, 4) is 17.2 Å². The van der Waals surface area contributed by atoms with Gasteiger partial charge in [-0.25, -0.2) is 0 Å². The van der Waals surface area contributed by atoms with Gasteiger partial charge < -0.3 is 9.47 Å². The number of rotatable bonds is 6. The van der Waals surface area contributed by atoms with Crippen molar-refractivity contribution < 1.29 is 14.3 Å². The minimum absolute atomic E-state index is 0.372. The van der Waals surface area contributed by atoms with Crippen LogP contribution in [0.15, 0.2) is 55.1 Å². The second-order valence-corrected chi connectivity index (χ2v) is 4.39. The summed E-state index contributed by atoms with van der Waals surface area (Å²) >= 11 is 6.02. The molecular weight excluding hydrogens is 276 g/mol. The largest absolute Gasteiger partial charge is 0.488 e. The molecule has 0 amide bonds. The summed E-state index contributed by atoms with van der Waals surface area (Å²) in [5.74, 6) is 1.77. The van der Waals surface area contributed by atoms with E-state index in [1.54, 1.807) is 48.5 Å². The number of hydrogen-bond donors (Lipinski definition) is 0. The molecule has 0 aliphatic heterocycles. The van der Waals surface area contributed by atoms with E-state index in [2.05, 4.69) is 6.58 Å². The van der Waals surface area contributed by atoms with Gasteiger partial charge in [0.25, 0.3) is 0 Å². The summed E-state index contributed by atoms with van der Waals surface area (Å²) in [4.78, 5) is 10.6. The molecule has 2 aromatic rings. The highest BCUT2D eigenvalue weighted by Crippen LogP contribution is 2.31. The first-order valence-corrected chi connectivity index (χ1v) is 6.37. The Kier molecular flexibility index (Phi) is 4.80. The molecule has 0 saturated heterocycles. The molecule has 0 saturated carbocycles. The van der Waals surface area contributed by atoms with Crippen molar-refractivity contribution in [2.24, 2.45) is 0 Å². The molecule has 0 aromatic heterocycles. The van der Waals surface area contributed by atoms with Crippen molar-refractivity contribution in [3.05, 3.63) is 65.7 Å². The van der Waals surface area contributed by atoms with Crippen LogP contribution in [0.4, 0.5) is 0 Å². The Morgan fingerprint density at radius 2 is 1.80 bits per heavy atom. The normalized spacial score (nSPS) is 9.85. The van der Waals surface area contributed by atoms with E-state index >= 15 is 0 Å². The Balaban J connectivity index is 2.15. The van der Waals surface area contributed by atoms with Crippen LogP contribution in [0, 0.1) is 0 Å². The third-order valence-electron chi connectivity index (χ3n) is 2.51. The molecule has 0 spiro atoms. The first-order valence-electron chi connectivity index (χ1n) is 5.99. The molecule has 0 heterocycles. The standard InChI is InChI=1S/C16H13ClO3/c1-2-9-19-16-10-14(7-8-15(16)17)20-13-5-3-12(11-18)4-6-13/h2-8,10-11H,1,9H2. The third-order valence-corrected chi connectivity index (χ3v) is 2.82. The Bertz CT molecular complexity index is 606. The van der Waals surface area contributed by atoms with Crippen LogP contribution in [0.5, 0.6) is 17.2 Å². The smallest absolute Gasteiger partial charge is 0.150 e. The Hall–Kier alpha value is -2.26. The summed E-state index contributed by atoms with van der Waals surface area (Å²) in [7, 11) is 0. The molecule has 102 valence electrons. The van der Waals surface area contributed by atoms with Gasteiger partial charge in [0, 0.05) is 11.6 Å². The van der Waals surface area contributed by atoms with Gasteiger partial charge in [0.2, 0.25) is 0 Å². The van der Waals surface area contributed by atoms with Crippen molar-refractivity contribution in [2.75, 3.05) is 6.61 Å². The van der Waals surface area contributed by atoms with Crippen LogP contribution in [0.1, 0.15) is 10.4 Å². The molecule has 20 heavy (non-hydrogen) atoms. The number of carbonyl (C=O) groups is 1. The molecule has 4 heteroatoms. The third kappa shape index (κ3) is 3.62. The summed E-state index contributed by atoms with van der Waals surface area (Å²) < 4.78 is 11.1. The van der Waals surface area contributed by atoms with Crippen molar-refractivity contribution in [1.82, 2.24) is 0 Å². The molecule has 0 aliphatic rings. The molecule has 0 unspecified atom stereocenters. The van der Waals surface area contributed by atoms with Gasteiger partial charge in [-0.3, -0.25) is 4.79 Å². The molecule has 0 aliphatic carbocycles. The highest BCUT2D eigenvalue weighted by Gasteiger charge is 2.05. The molecule has 0 radical (unpaired) electrons. The lowest BCUT2D eigenvalue weighted by Gasteiger charge is -2.10. The van der Waals surface area contributed by atoms with E-state index in [-0.39, 0.29) is 0 Å². The zero-order valence-corrected chi connectivity index (χ0v) is 11.5. The summed E-state index contributed by atoms with van der Waals surface area (Å²) in [6.45, 7) is 3.96. The Morgan fingerprint density at radius 1 is 1.10 bits per heavy atom. The number of halogens is 1. The van der Waals surface area contributed by atoms with Gasteiger partial charge >= 0.3 is 0 Å². The van der Waals surface area contributed by atoms with Gasteiger partial charge in [-0.2, -0.15) is 0 Å². The fraction of sp³-hybridized carbons (Fsp3) is 0.0625.